The second kappa shape index (κ2) is 9.99. The van der Waals surface area contributed by atoms with Crippen molar-refractivity contribution in [1.82, 2.24) is 9.80 Å². The predicted molar refractivity (Wildman–Crippen MR) is 108 cm³/mol. The van der Waals surface area contributed by atoms with Gasteiger partial charge in [-0.3, -0.25) is 9.69 Å². The number of carbonyl (C=O) groups is 1. The fourth-order valence-electron chi connectivity index (χ4n) is 3.25. The van der Waals surface area contributed by atoms with E-state index in [-0.39, 0.29) is 5.91 Å². The quantitative estimate of drug-likeness (QED) is 0.700. The fraction of sp³-hybridized carbons (Fsp3) is 0.409. The van der Waals surface area contributed by atoms with Crippen LogP contribution < -0.4 is 14.2 Å². The SMILES string of the molecule is COc1ccc(OCCN2CCN(C(=O)Cc3cccc(OC)c3)CC2)cc1. The summed E-state index contributed by atoms with van der Waals surface area (Å²) >= 11 is 0. The van der Waals surface area contributed by atoms with Gasteiger partial charge in [-0.15, -0.1) is 0 Å². The van der Waals surface area contributed by atoms with Gasteiger partial charge in [-0.2, -0.15) is 0 Å². The standard InChI is InChI=1S/C22H28N2O4/c1-26-19-6-8-20(9-7-19)28-15-14-23-10-12-24(13-11-23)22(25)17-18-4-3-5-21(16-18)27-2/h3-9,16H,10-15,17H2,1-2H3. The van der Waals surface area contributed by atoms with Gasteiger partial charge in [0.25, 0.3) is 0 Å². The first-order valence-corrected chi connectivity index (χ1v) is 9.58. The van der Waals surface area contributed by atoms with Crippen LogP contribution in [0.5, 0.6) is 17.2 Å². The molecule has 2 aromatic carbocycles. The maximum absolute atomic E-state index is 12.6. The average Bonchev–Trinajstić information content (AvgIpc) is 2.75. The van der Waals surface area contributed by atoms with Gasteiger partial charge in [-0.1, -0.05) is 12.1 Å². The Labute approximate surface area is 166 Å². The number of methoxy groups -OCH3 is 2. The molecule has 1 heterocycles. The van der Waals surface area contributed by atoms with Crippen molar-refractivity contribution >= 4 is 5.91 Å². The highest BCUT2D eigenvalue weighted by atomic mass is 16.5. The van der Waals surface area contributed by atoms with Crippen molar-refractivity contribution in [3.05, 3.63) is 54.1 Å². The highest BCUT2D eigenvalue weighted by Crippen LogP contribution is 2.17. The van der Waals surface area contributed by atoms with Crippen molar-refractivity contribution in [3.63, 3.8) is 0 Å². The van der Waals surface area contributed by atoms with Crippen LogP contribution in [0.15, 0.2) is 48.5 Å². The lowest BCUT2D eigenvalue weighted by molar-refractivity contribution is -0.132. The Bertz CT molecular complexity index is 755. The molecular formula is C22H28N2O4. The molecule has 1 saturated heterocycles. The zero-order valence-electron chi connectivity index (χ0n) is 16.6. The molecule has 6 nitrogen and oxygen atoms in total. The van der Waals surface area contributed by atoms with Gasteiger partial charge >= 0.3 is 0 Å². The van der Waals surface area contributed by atoms with Gasteiger partial charge in [-0.05, 0) is 42.0 Å². The molecule has 1 amide bonds. The van der Waals surface area contributed by atoms with Crippen molar-refractivity contribution in [3.8, 4) is 17.2 Å². The van der Waals surface area contributed by atoms with E-state index in [1.165, 1.54) is 0 Å². The van der Waals surface area contributed by atoms with Crippen LogP contribution >= 0.6 is 0 Å². The summed E-state index contributed by atoms with van der Waals surface area (Å²) in [6.07, 6.45) is 0.414. The Balaban J connectivity index is 1.38. The van der Waals surface area contributed by atoms with Gasteiger partial charge in [0.2, 0.25) is 5.91 Å². The number of carbonyl (C=O) groups excluding carboxylic acids is 1. The minimum atomic E-state index is 0.169. The van der Waals surface area contributed by atoms with Crippen molar-refractivity contribution in [1.29, 1.82) is 0 Å². The smallest absolute Gasteiger partial charge is 0.227 e. The number of piperazine rings is 1. The lowest BCUT2D eigenvalue weighted by Gasteiger charge is -2.34. The summed E-state index contributed by atoms with van der Waals surface area (Å²) in [5.41, 5.74) is 0.986. The summed E-state index contributed by atoms with van der Waals surface area (Å²) in [6, 6.07) is 15.3. The maximum Gasteiger partial charge on any atom is 0.227 e. The second-order valence-corrected chi connectivity index (χ2v) is 6.77. The molecule has 28 heavy (non-hydrogen) atoms. The molecule has 1 aliphatic heterocycles. The van der Waals surface area contributed by atoms with Gasteiger partial charge in [0, 0.05) is 32.7 Å². The molecule has 0 unspecified atom stereocenters. The van der Waals surface area contributed by atoms with E-state index in [4.69, 9.17) is 14.2 Å². The summed E-state index contributed by atoms with van der Waals surface area (Å²) < 4.78 is 16.2. The van der Waals surface area contributed by atoms with E-state index < -0.39 is 0 Å². The normalized spacial score (nSPS) is 14.6. The molecule has 0 aliphatic carbocycles. The maximum atomic E-state index is 12.6. The Morgan fingerprint density at radius 2 is 1.57 bits per heavy atom. The first-order valence-electron chi connectivity index (χ1n) is 9.58. The molecule has 0 atom stereocenters. The Morgan fingerprint density at radius 1 is 0.893 bits per heavy atom. The number of amides is 1. The molecule has 0 spiro atoms. The Hall–Kier alpha value is -2.73. The predicted octanol–water partition coefficient (Wildman–Crippen LogP) is 2.47. The number of benzene rings is 2. The van der Waals surface area contributed by atoms with Gasteiger partial charge in [0.15, 0.2) is 0 Å². The summed E-state index contributed by atoms with van der Waals surface area (Å²) in [5.74, 6) is 2.62. The van der Waals surface area contributed by atoms with Crippen molar-refractivity contribution in [2.45, 2.75) is 6.42 Å². The number of rotatable bonds is 8. The zero-order chi connectivity index (χ0) is 19.8. The van der Waals surface area contributed by atoms with Crippen LogP contribution in [0.4, 0.5) is 0 Å². The topological polar surface area (TPSA) is 51.2 Å². The highest BCUT2D eigenvalue weighted by molar-refractivity contribution is 5.79. The van der Waals surface area contributed by atoms with E-state index >= 15 is 0 Å². The van der Waals surface area contributed by atoms with E-state index in [0.29, 0.717) is 13.0 Å². The monoisotopic (exact) mass is 384 g/mol. The summed E-state index contributed by atoms with van der Waals surface area (Å²) in [4.78, 5) is 16.8. The van der Waals surface area contributed by atoms with Crippen LogP contribution in [-0.4, -0.2) is 69.3 Å². The summed E-state index contributed by atoms with van der Waals surface area (Å²) in [7, 11) is 3.29. The molecule has 0 radical (unpaired) electrons. The largest absolute Gasteiger partial charge is 0.497 e. The van der Waals surface area contributed by atoms with E-state index in [9.17, 15) is 4.79 Å². The van der Waals surface area contributed by atoms with Gasteiger partial charge in [0.05, 0.1) is 20.6 Å². The first-order chi connectivity index (χ1) is 13.7. The second-order valence-electron chi connectivity index (χ2n) is 6.77. The number of hydrogen-bond donors (Lipinski definition) is 0. The van der Waals surface area contributed by atoms with Gasteiger partial charge in [0.1, 0.15) is 23.9 Å². The minimum absolute atomic E-state index is 0.169. The summed E-state index contributed by atoms with van der Waals surface area (Å²) in [6.45, 7) is 4.73. The molecule has 150 valence electrons. The van der Waals surface area contributed by atoms with E-state index in [2.05, 4.69) is 4.90 Å². The summed E-state index contributed by atoms with van der Waals surface area (Å²) in [5, 5.41) is 0. The third-order valence-electron chi connectivity index (χ3n) is 4.95. The average molecular weight is 384 g/mol. The molecule has 6 heteroatoms. The van der Waals surface area contributed by atoms with Crippen LogP contribution in [0.3, 0.4) is 0 Å². The van der Waals surface area contributed by atoms with Crippen LogP contribution in [-0.2, 0) is 11.2 Å². The van der Waals surface area contributed by atoms with Crippen molar-refractivity contribution in [2.24, 2.45) is 0 Å². The van der Waals surface area contributed by atoms with Gasteiger partial charge in [-0.25, -0.2) is 0 Å². The third kappa shape index (κ3) is 5.63. The molecule has 0 saturated carbocycles. The Morgan fingerprint density at radius 3 is 2.25 bits per heavy atom. The lowest BCUT2D eigenvalue weighted by atomic mass is 10.1. The van der Waals surface area contributed by atoms with Crippen LogP contribution in [0, 0.1) is 0 Å². The first kappa shape index (κ1) is 20.0. The molecule has 0 bridgehead atoms. The molecule has 1 aliphatic rings. The molecule has 3 rings (SSSR count). The van der Waals surface area contributed by atoms with Crippen molar-refractivity contribution in [2.75, 3.05) is 53.6 Å². The molecular weight excluding hydrogens is 356 g/mol. The number of ether oxygens (including phenoxy) is 3. The fourth-order valence-corrected chi connectivity index (χ4v) is 3.25. The minimum Gasteiger partial charge on any atom is -0.497 e. The van der Waals surface area contributed by atoms with Gasteiger partial charge < -0.3 is 19.1 Å². The Kier molecular flexibility index (Phi) is 7.14. The molecule has 0 N–H and O–H groups in total. The van der Waals surface area contributed by atoms with Crippen LogP contribution in [0.1, 0.15) is 5.56 Å². The number of nitrogens with zero attached hydrogens (tertiary/aromatic N) is 2. The molecule has 1 fully saturated rings. The van der Waals surface area contributed by atoms with E-state index in [0.717, 1.165) is 55.5 Å². The highest BCUT2D eigenvalue weighted by Gasteiger charge is 2.21. The van der Waals surface area contributed by atoms with E-state index in [1.54, 1.807) is 14.2 Å². The van der Waals surface area contributed by atoms with E-state index in [1.807, 2.05) is 53.4 Å². The molecule has 0 aromatic heterocycles. The molecule has 2 aromatic rings. The van der Waals surface area contributed by atoms with Crippen LogP contribution in [0.2, 0.25) is 0 Å². The van der Waals surface area contributed by atoms with Crippen molar-refractivity contribution < 1.29 is 19.0 Å². The third-order valence-corrected chi connectivity index (χ3v) is 4.95. The number of hydrogen-bond acceptors (Lipinski definition) is 5. The lowest BCUT2D eigenvalue weighted by Crippen LogP contribution is -2.49. The zero-order valence-corrected chi connectivity index (χ0v) is 16.6. The van der Waals surface area contributed by atoms with Crippen LogP contribution in [0.25, 0.3) is 0 Å².